The number of aromatic nitrogens is 4. The van der Waals surface area contributed by atoms with E-state index >= 15 is 0 Å². The largest absolute Gasteiger partial charge is 0.481 e. The van der Waals surface area contributed by atoms with Crippen LogP contribution in [0.5, 0.6) is 0 Å². The number of carbonyl (C=O) groups excluding carboxylic acids is 1. The molecule has 0 aromatic carbocycles. The first-order valence-corrected chi connectivity index (χ1v) is 8.78. The van der Waals surface area contributed by atoms with Crippen molar-refractivity contribution in [3.8, 4) is 0 Å². The zero-order chi connectivity index (χ0) is 18.3. The van der Waals surface area contributed by atoms with Gasteiger partial charge in [0.1, 0.15) is 0 Å². The summed E-state index contributed by atoms with van der Waals surface area (Å²) < 4.78 is 9.19. The van der Waals surface area contributed by atoms with E-state index in [0.29, 0.717) is 18.7 Å². The highest BCUT2D eigenvalue weighted by Crippen LogP contribution is 2.44. The van der Waals surface area contributed by atoms with Gasteiger partial charge in [0.15, 0.2) is 0 Å². The molecular formula is C17H21N5O4. The Labute approximate surface area is 149 Å². The molecule has 2 aliphatic rings. The Kier molecular flexibility index (Phi) is 4.23. The fourth-order valence-corrected chi connectivity index (χ4v) is 3.91. The smallest absolute Gasteiger partial charge is 0.310 e. The maximum atomic E-state index is 12.6. The summed E-state index contributed by atoms with van der Waals surface area (Å²) in [7, 11) is 0. The van der Waals surface area contributed by atoms with Gasteiger partial charge in [-0.2, -0.15) is 10.2 Å². The molecule has 9 nitrogen and oxygen atoms in total. The van der Waals surface area contributed by atoms with Crippen molar-refractivity contribution in [1.29, 1.82) is 0 Å². The SMILES string of the molecule is CCn1cc(Cn2cc(NC(=O)[C@H]3[C@@H](C(=O)O)[C@@H]4CC[C@H]3O4)cn2)cn1. The molecule has 26 heavy (non-hydrogen) atoms. The number of carboxylic acids is 1. The highest BCUT2D eigenvalue weighted by molar-refractivity contribution is 5.96. The number of amides is 1. The van der Waals surface area contributed by atoms with Crippen LogP contribution in [0.2, 0.25) is 0 Å². The van der Waals surface area contributed by atoms with E-state index in [-0.39, 0.29) is 18.1 Å². The normalized spacial score (nSPS) is 27.0. The Bertz CT molecular complexity index is 829. The van der Waals surface area contributed by atoms with Gasteiger partial charge >= 0.3 is 5.97 Å². The molecule has 0 spiro atoms. The second-order valence-corrected chi connectivity index (χ2v) is 6.80. The third kappa shape index (κ3) is 2.98. The number of aliphatic carboxylic acids is 1. The lowest BCUT2D eigenvalue weighted by atomic mass is 9.78. The van der Waals surface area contributed by atoms with E-state index in [1.807, 2.05) is 17.8 Å². The molecular weight excluding hydrogens is 338 g/mol. The Morgan fingerprint density at radius 2 is 1.92 bits per heavy atom. The molecule has 138 valence electrons. The van der Waals surface area contributed by atoms with Gasteiger partial charge < -0.3 is 15.2 Å². The number of hydrogen-bond donors (Lipinski definition) is 2. The second kappa shape index (κ2) is 6.56. The second-order valence-electron chi connectivity index (χ2n) is 6.80. The predicted octanol–water partition coefficient (Wildman–Crippen LogP) is 0.964. The van der Waals surface area contributed by atoms with Crippen molar-refractivity contribution in [2.75, 3.05) is 5.32 Å². The highest BCUT2D eigenvalue weighted by atomic mass is 16.5. The lowest BCUT2D eigenvalue weighted by Crippen LogP contribution is -2.40. The van der Waals surface area contributed by atoms with Crippen molar-refractivity contribution in [2.24, 2.45) is 11.8 Å². The molecule has 2 bridgehead atoms. The van der Waals surface area contributed by atoms with E-state index in [0.717, 1.165) is 18.5 Å². The van der Waals surface area contributed by atoms with Crippen LogP contribution < -0.4 is 5.32 Å². The third-order valence-corrected chi connectivity index (χ3v) is 5.12. The molecule has 2 aliphatic heterocycles. The van der Waals surface area contributed by atoms with E-state index < -0.39 is 17.8 Å². The Morgan fingerprint density at radius 3 is 2.62 bits per heavy atom. The quantitative estimate of drug-likeness (QED) is 0.795. The molecule has 9 heteroatoms. The number of ether oxygens (including phenoxy) is 1. The van der Waals surface area contributed by atoms with Gasteiger partial charge in [0.25, 0.3) is 0 Å². The molecule has 0 aliphatic carbocycles. The van der Waals surface area contributed by atoms with Crippen molar-refractivity contribution < 1.29 is 19.4 Å². The maximum Gasteiger partial charge on any atom is 0.310 e. The van der Waals surface area contributed by atoms with Gasteiger partial charge in [0.2, 0.25) is 5.91 Å². The van der Waals surface area contributed by atoms with Crippen molar-refractivity contribution in [3.05, 3.63) is 30.4 Å². The lowest BCUT2D eigenvalue weighted by molar-refractivity contribution is -0.147. The fourth-order valence-electron chi connectivity index (χ4n) is 3.91. The number of carboxylic acid groups (broad SMARTS) is 1. The van der Waals surface area contributed by atoms with Gasteiger partial charge in [0.05, 0.1) is 48.7 Å². The summed E-state index contributed by atoms with van der Waals surface area (Å²) in [5.41, 5.74) is 1.56. The fraction of sp³-hybridized carbons (Fsp3) is 0.529. The minimum Gasteiger partial charge on any atom is -0.481 e. The van der Waals surface area contributed by atoms with Crippen LogP contribution in [0.15, 0.2) is 24.8 Å². The maximum absolute atomic E-state index is 12.6. The van der Waals surface area contributed by atoms with E-state index in [2.05, 4.69) is 15.5 Å². The summed E-state index contributed by atoms with van der Waals surface area (Å²) in [6.07, 6.45) is 7.79. The zero-order valence-electron chi connectivity index (χ0n) is 14.4. The third-order valence-electron chi connectivity index (χ3n) is 5.12. The van der Waals surface area contributed by atoms with Crippen molar-refractivity contribution in [1.82, 2.24) is 19.6 Å². The van der Waals surface area contributed by atoms with Crippen LogP contribution in [-0.4, -0.2) is 48.8 Å². The van der Waals surface area contributed by atoms with Gasteiger partial charge in [-0.3, -0.25) is 19.0 Å². The molecule has 2 N–H and O–H groups in total. The number of carbonyl (C=O) groups is 2. The molecule has 4 heterocycles. The van der Waals surface area contributed by atoms with Gasteiger partial charge in [-0.05, 0) is 19.8 Å². The summed E-state index contributed by atoms with van der Waals surface area (Å²) in [6.45, 7) is 3.36. The van der Waals surface area contributed by atoms with E-state index in [1.165, 1.54) is 0 Å². The zero-order valence-corrected chi connectivity index (χ0v) is 14.4. The minimum atomic E-state index is -0.971. The molecule has 0 radical (unpaired) electrons. The van der Waals surface area contributed by atoms with Gasteiger partial charge in [-0.25, -0.2) is 0 Å². The standard InChI is InChI=1S/C17H21N5O4/c1-2-21-7-10(5-18-21)8-22-9-11(6-19-22)20-16(23)14-12-3-4-13(26-12)15(14)17(24)25/h5-7,9,12-15H,2-4,8H2,1H3,(H,20,23)(H,24,25)/t12-,13+,14-,15+/m1/s1. The van der Waals surface area contributed by atoms with Crippen LogP contribution in [0.4, 0.5) is 5.69 Å². The summed E-state index contributed by atoms with van der Waals surface area (Å²) in [6, 6.07) is 0. The van der Waals surface area contributed by atoms with Gasteiger partial charge in [-0.1, -0.05) is 0 Å². The highest BCUT2D eigenvalue weighted by Gasteiger charge is 2.55. The number of aryl methyl sites for hydroxylation is 1. The first kappa shape index (κ1) is 16.8. The average molecular weight is 359 g/mol. The summed E-state index contributed by atoms with van der Waals surface area (Å²) in [4.78, 5) is 24.1. The molecule has 2 aromatic heterocycles. The number of anilines is 1. The summed E-state index contributed by atoms with van der Waals surface area (Å²) in [5, 5.41) is 20.7. The molecule has 0 saturated carbocycles. The number of nitrogens with zero attached hydrogens (tertiary/aromatic N) is 4. The molecule has 2 saturated heterocycles. The van der Waals surface area contributed by atoms with Crippen molar-refractivity contribution >= 4 is 17.6 Å². The van der Waals surface area contributed by atoms with E-state index in [1.54, 1.807) is 23.3 Å². The van der Waals surface area contributed by atoms with E-state index in [9.17, 15) is 14.7 Å². The lowest BCUT2D eigenvalue weighted by Gasteiger charge is -2.23. The molecule has 1 amide bonds. The van der Waals surface area contributed by atoms with Crippen molar-refractivity contribution in [3.63, 3.8) is 0 Å². The number of rotatable bonds is 6. The number of fused-ring (bicyclic) bond motifs is 2. The van der Waals surface area contributed by atoms with Crippen molar-refractivity contribution in [2.45, 2.75) is 45.1 Å². The van der Waals surface area contributed by atoms with Crippen LogP contribution in [0.25, 0.3) is 0 Å². The Balaban J connectivity index is 1.42. The average Bonchev–Trinajstić information content (AvgIpc) is 3.38. The predicted molar refractivity (Wildman–Crippen MR) is 90.4 cm³/mol. The van der Waals surface area contributed by atoms with E-state index in [4.69, 9.17) is 4.74 Å². The summed E-state index contributed by atoms with van der Waals surface area (Å²) in [5.74, 6) is -2.72. The molecule has 2 fully saturated rings. The molecule has 4 atom stereocenters. The molecule has 0 unspecified atom stereocenters. The monoisotopic (exact) mass is 359 g/mol. The van der Waals surface area contributed by atoms with Crippen LogP contribution >= 0.6 is 0 Å². The topological polar surface area (TPSA) is 111 Å². The first-order valence-electron chi connectivity index (χ1n) is 8.78. The van der Waals surface area contributed by atoms with Gasteiger partial charge in [-0.15, -0.1) is 0 Å². The Morgan fingerprint density at radius 1 is 1.19 bits per heavy atom. The van der Waals surface area contributed by atoms with Gasteiger partial charge in [0, 0.05) is 24.5 Å². The first-order chi connectivity index (χ1) is 12.5. The molecule has 4 rings (SSSR count). The Hall–Kier alpha value is -2.68. The van der Waals surface area contributed by atoms with Crippen LogP contribution in [0.1, 0.15) is 25.3 Å². The number of hydrogen-bond acceptors (Lipinski definition) is 5. The molecule has 2 aromatic rings. The van der Waals surface area contributed by atoms with Crippen LogP contribution in [0, 0.1) is 11.8 Å². The van der Waals surface area contributed by atoms with Crippen LogP contribution in [0.3, 0.4) is 0 Å². The minimum absolute atomic E-state index is 0.309. The number of nitrogens with one attached hydrogen (secondary N) is 1. The van der Waals surface area contributed by atoms with Crippen LogP contribution in [-0.2, 0) is 27.4 Å². The summed E-state index contributed by atoms with van der Waals surface area (Å²) >= 11 is 0.